The summed E-state index contributed by atoms with van der Waals surface area (Å²) in [7, 11) is 1.17. The van der Waals surface area contributed by atoms with Crippen molar-refractivity contribution in [2.75, 3.05) is 7.11 Å². The molecule has 2 nitrogen and oxygen atoms in total. The lowest BCUT2D eigenvalue weighted by atomic mass is 10.0. The van der Waals surface area contributed by atoms with Crippen LogP contribution in [0.25, 0.3) is 0 Å². The number of methoxy groups -OCH3 is 1. The van der Waals surface area contributed by atoms with Crippen LogP contribution in [0.5, 0.6) is 0 Å². The van der Waals surface area contributed by atoms with Gasteiger partial charge >= 0.3 is 12.1 Å². The molecule has 0 aliphatic heterocycles. The summed E-state index contributed by atoms with van der Waals surface area (Å²) in [6.45, 7) is 1.38. The van der Waals surface area contributed by atoms with Crippen LogP contribution in [0.2, 0.25) is 0 Å². The van der Waals surface area contributed by atoms with E-state index >= 15 is 0 Å². The number of carbonyl (C=O) groups excluding carboxylic acids is 1. The number of aryl methyl sites for hydroxylation is 1. The number of hydrogen-bond donors (Lipinski definition) is 0. The van der Waals surface area contributed by atoms with Crippen LogP contribution >= 0.6 is 11.6 Å². The van der Waals surface area contributed by atoms with Gasteiger partial charge in [-0.3, -0.25) is 4.79 Å². The topological polar surface area (TPSA) is 26.3 Å². The Labute approximate surface area is 108 Å². The molecule has 1 aromatic rings. The second-order valence-electron chi connectivity index (χ2n) is 3.84. The van der Waals surface area contributed by atoms with E-state index < -0.39 is 23.1 Å². The molecule has 0 saturated heterocycles. The summed E-state index contributed by atoms with van der Waals surface area (Å²) in [6, 6.07) is 3.88. The zero-order valence-corrected chi connectivity index (χ0v) is 10.6. The van der Waals surface area contributed by atoms with Crippen LogP contribution in [-0.2, 0) is 22.1 Å². The highest BCUT2D eigenvalue weighted by molar-refractivity contribution is 6.30. The van der Waals surface area contributed by atoms with Gasteiger partial charge in [-0.05, 0) is 30.5 Å². The van der Waals surface area contributed by atoms with Crippen LogP contribution < -0.4 is 0 Å². The SMILES string of the molecule is COC(=O)C(Cl)Cc1ccc(C)c(C(F)(F)F)c1. The third-order valence-corrected chi connectivity index (χ3v) is 2.81. The fraction of sp³-hybridized carbons (Fsp3) is 0.417. The van der Waals surface area contributed by atoms with Crippen LogP contribution in [0.1, 0.15) is 16.7 Å². The summed E-state index contributed by atoms with van der Waals surface area (Å²) in [6.07, 6.45) is -4.41. The molecule has 100 valence electrons. The molecule has 0 radical (unpaired) electrons. The molecule has 0 aliphatic carbocycles. The molecule has 1 rings (SSSR count). The minimum Gasteiger partial charge on any atom is -0.468 e. The number of halogens is 4. The molecule has 0 heterocycles. The maximum Gasteiger partial charge on any atom is 0.416 e. The van der Waals surface area contributed by atoms with Crippen molar-refractivity contribution in [2.24, 2.45) is 0 Å². The third kappa shape index (κ3) is 3.63. The Morgan fingerprint density at radius 3 is 2.56 bits per heavy atom. The Bertz CT molecular complexity index is 443. The predicted octanol–water partition coefficient (Wildman–Crippen LogP) is 3.34. The van der Waals surface area contributed by atoms with Gasteiger partial charge < -0.3 is 4.74 Å². The monoisotopic (exact) mass is 280 g/mol. The number of hydrogen-bond acceptors (Lipinski definition) is 2. The first-order valence-corrected chi connectivity index (χ1v) is 5.58. The lowest BCUT2D eigenvalue weighted by molar-refractivity contribution is -0.140. The van der Waals surface area contributed by atoms with Crippen molar-refractivity contribution in [3.8, 4) is 0 Å². The van der Waals surface area contributed by atoms with Gasteiger partial charge in [0.05, 0.1) is 12.7 Å². The summed E-state index contributed by atoms with van der Waals surface area (Å²) in [5.74, 6) is -0.661. The standard InChI is InChI=1S/C12H12ClF3O2/c1-7-3-4-8(5-9(7)12(14,15)16)6-10(13)11(17)18-2/h3-5,10H,6H2,1-2H3. The molecule has 0 aromatic heterocycles. The Hall–Kier alpha value is -1.23. The highest BCUT2D eigenvalue weighted by atomic mass is 35.5. The zero-order valence-electron chi connectivity index (χ0n) is 9.84. The Balaban J connectivity index is 2.96. The minimum absolute atomic E-state index is 0.00239. The van der Waals surface area contributed by atoms with E-state index in [-0.39, 0.29) is 12.0 Å². The van der Waals surface area contributed by atoms with Crippen molar-refractivity contribution in [1.29, 1.82) is 0 Å². The van der Waals surface area contributed by atoms with Crippen LogP contribution in [-0.4, -0.2) is 18.5 Å². The molecule has 1 unspecified atom stereocenters. The van der Waals surface area contributed by atoms with E-state index in [0.29, 0.717) is 5.56 Å². The number of alkyl halides is 4. The molecule has 0 bridgehead atoms. The van der Waals surface area contributed by atoms with E-state index in [1.165, 1.54) is 26.2 Å². The highest BCUT2D eigenvalue weighted by Gasteiger charge is 2.32. The quantitative estimate of drug-likeness (QED) is 0.627. The van der Waals surface area contributed by atoms with Crippen molar-refractivity contribution in [3.63, 3.8) is 0 Å². The van der Waals surface area contributed by atoms with E-state index in [1.807, 2.05) is 0 Å². The Kier molecular flexibility index (Phi) is 4.62. The molecule has 1 atom stereocenters. The molecule has 0 aliphatic rings. The number of rotatable bonds is 3. The van der Waals surface area contributed by atoms with E-state index in [1.54, 1.807) is 0 Å². The van der Waals surface area contributed by atoms with Crippen molar-refractivity contribution in [3.05, 3.63) is 34.9 Å². The Morgan fingerprint density at radius 1 is 1.44 bits per heavy atom. The van der Waals surface area contributed by atoms with Crippen molar-refractivity contribution in [1.82, 2.24) is 0 Å². The highest BCUT2D eigenvalue weighted by Crippen LogP contribution is 2.32. The molecule has 6 heteroatoms. The van der Waals surface area contributed by atoms with Crippen LogP contribution in [0.3, 0.4) is 0 Å². The van der Waals surface area contributed by atoms with Gasteiger partial charge in [0.15, 0.2) is 0 Å². The van der Waals surface area contributed by atoms with Gasteiger partial charge in [0.2, 0.25) is 0 Å². The van der Waals surface area contributed by atoms with Crippen LogP contribution in [0.15, 0.2) is 18.2 Å². The summed E-state index contributed by atoms with van der Waals surface area (Å²) >= 11 is 5.72. The second-order valence-corrected chi connectivity index (χ2v) is 4.37. The minimum atomic E-state index is -4.41. The van der Waals surface area contributed by atoms with E-state index in [9.17, 15) is 18.0 Å². The van der Waals surface area contributed by atoms with E-state index in [0.717, 1.165) is 6.07 Å². The molecule has 0 saturated carbocycles. The average molecular weight is 281 g/mol. The van der Waals surface area contributed by atoms with Gasteiger partial charge in [0, 0.05) is 0 Å². The molecule has 0 amide bonds. The van der Waals surface area contributed by atoms with Gasteiger partial charge in [0.25, 0.3) is 0 Å². The van der Waals surface area contributed by atoms with Gasteiger partial charge in [-0.15, -0.1) is 11.6 Å². The van der Waals surface area contributed by atoms with Crippen LogP contribution in [0.4, 0.5) is 13.2 Å². The predicted molar refractivity (Wildman–Crippen MR) is 61.5 cm³/mol. The zero-order chi connectivity index (χ0) is 13.9. The smallest absolute Gasteiger partial charge is 0.416 e. The van der Waals surface area contributed by atoms with Gasteiger partial charge in [-0.2, -0.15) is 13.2 Å². The Morgan fingerprint density at radius 2 is 2.06 bits per heavy atom. The molecule has 1 aromatic carbocycles. The molecule has 18 heavy (non-hydrogen) atoms. The number of esters is 1. The van der Waals surface area contributed by atoms with E-state index in [2.05, 4.69) is 4.74 Å². The average Bonchev–Trinajstić information content (AvgIpc) is 2.29. The molecule has 0 spiro atoms. The fourth-order valence-corrected chi connectivity index (χ4v) is 1.79. The van der Waals surface area contributed by atoms with Gasteiger partial charge in [-0.1, -0.05) is 12.1 Å². The summed E-state index contributed by atoms with van der Waals surface area (Å²) < 4.78 is 42.4. The molecular formula is C12H12ClF3O2. The first kappa shape index (κ1) is 14.8. The third-order valence-electron chi connectivity index (χ3n) is 2.48. The maximum absolute atomic E-state index is 12.7. The second kappa shape index (κ2) is 5.61. The molecule has 0 N–H and O–H groups in total. The van der Waals surface area contributed by atoms with Gasteiger partial charge in [0.1, 0.15) is 5.38 Å². The number of benzene rings is 1. The van der Waals surface area contributed by atoms with Crippen molar-refractivity contribution in [2.45, 2.75) is 24.9 Å². The summed E-state index contributed by atoms with van der Waals surface area (Å²) in [4.78, 5) is 11.1. The molecular weight excluding hydrogens is 269 g/mol. The fourth-order valence-electron chi connectivity index (χ4n) is 1.52. The lowest BCUT2D eigenvalue weighted by Gasteiger charge is -2.13. The maximum atomic E-state index is 12.7. The first-order valence-electron chi connectivity index (χ1n) is 5.14. The van der Waals surface area contributed by atoms with Crippen molar-refractivity contribution < 1.29 is 22.7 Å². The summed E-state index contributed by atoms with van der Waals surface area (Å²) in [5.41, 5.74) is -0.234. The van der Waals surface area contributed by atoms with E-state index in [4.69, 9.17) is 11.6 Å². The van der Waals surface area contributed by atoms with Crippen LogP contribution in [0, 0.1) is 6.92 Å². The molecule has 0 fully saturated rings. The summed E-state index contributed by atoms with van der Waals surface area (Å²) in [5, 5.41) is -0.987. The largest absolute Gasteiger partial charge is 0.468 e. The lowest BCUT2D eigenvalue weighted by Crippen LogP contribution is -2.19. The number of ether oxygens (including phenoxy) is 1. The first-order chi connectivity index (χ1) is 8.25. The number of carbonyl (C=O) groups is 1. The van der Waals surface area contributed by atoms with Crippen molar-refractivity contribution >= 4 is 17.6 Å². The normalized spacial score (nSPS) is 13.2. The van der Waals surface area contributed by atoms with Gasteiger partial charge in [-0.25, -0.2) is 0 Å².